The second-order valence-electron chi connectivity index (χ2n) is 8.54. The number of benzene rings is 1. The number of aliphatic hydroxyl groups is 1. The Labute approximate surface area is 200 Å². The summed E-state index contributed by atoms with van der Waals surface area (Å²) in [5, 5.41) is 22.0. The van der Waals surface area contributed by atoms with Gasteiger partial charge in [-0.05, 0) is 55.5 Å². The molecule has 0 atom stereocenters. The van der Waals surface area contributed by atoms with Crippen LogP contribution in [0.25, 0.3) is 22.3 Å². The maximum absolute atomic E-state index is 11.0. The van der Waals surface area contributed by atoms with E-state index >= 15 is 0 Å². The van der Waals surface area contributed by atoms with Crippen molar-refractivity contribution in [1.82, 2.24) is 9.55 Å². The van der Waals surface area contributed by atoms with Gasteiger partial charge in [0.2, 0.25) is 0 Å². The molecule has 0 spiro atoms. The van der Waals surface area contributed by atoms with Gasteiger partial charge in [-0.1, -0.05) is 19.3 Å². The van der Waals surface area contributed by atoms with Crippen molar-refractivity contribution in [2.75, 3.05) is 27.1 Å². The van der Waals surface area contributed by atoms with E-state index in [-0.39, 0.29) is 25.8 Å². The predicted molar refractivity (Wildman–Crippen MR) is 129 cm³/mol. The average Bonchev–Trinajstić information content (AvgIpc) is 3.17. The Balaban J connectivity index is 1.88. The van der Waals surface area contributed by atoms with E-state index < -0.39 is 0 Å². The van der Waals surface area contributed by atoms with Gasteiger partial charge < -0.3 is 24.3 Å². The van der Waals surface area contributed by atoms with Crippen molar-refractivity contribution in [2.24, 2.45) is 0 Å². The topological polar surface area (TPSA) is 95.2 Å². The molecule has 0 aliphatic heterocycles. The van der Waals surface area contributed by atoms with Crippen molar-refractivity contribution in [3.05, 3.63) is 41.6 Å². The smallest absolute Gasteiger partial charge is 0.188 e. The highest BCUT2D eigenvalue weighted by Crippen LogP contribution is 2.46. The number of rotatable bonds is 11. The quantitative estimate of drug-likeness (QED) is 0.178. The number of fused-ring (bicyclic) bond motifs is 1. The molecule has 2 N–H and O–H groups in total. The first-order chi connectivity index (χ1) is 16.7. The van der Waals surface area contributed by atoms with Gasteiger partial charge in [-0.3, -0.25) is 0 Å². The molecule has 1 saturated carbocycles. The van der Waals surface area contributed by atoms with Crippen molar-refractivity contribution in [3.63, 3.8) is 0 Å². The van der Waals surface area contributed by atoms with E-state index in [0.717, 1.165) is 35.3 Å². The van der Waals surface area contributed by atoms with Crippen molar-refractivity contribution in [3.8, 4) is 22.8 Å². The number of hydrogen-bond acceptors (Lipinski definition) is 7. The molecule has 0 bridgehead atoms. The van der Waals surface area contributed by atoms with Gasteiger partial charge in [0, 0.05) is 30.7 Å². The number of phenols is 1. The van der Waals surface area contributed by atoms with Gasteiger partial charge in [0.15, 0.2) is 6.79 Å². The summed E-state index contributed by atoms with van der Waals surface area (Å²) in [7, 11) is 1.55. The Morgan fingerprint density at radius 1 is 1.09 bits per heavy atom. The summed E-state index contributed by atoms with van der Waals surface area (Å²) in [6, 6.07) is 9.35. The highest BCUT2D eigenvalue weighted by atomic mass is 17.2. The van der Waals surface area contributed by atoms with Crippen molar-refractivity contribution in [1.29, 1.82) is 0 Å². The van der Waals surface area contributed by atoms with Crippen LogP contribution in [0, 0.1) is 0 Å². The Kier molecular flexibility index (Phi) is 8.39. The zero-order chi connectivity index (χ0) is 23.9. The lowest BCUT2D eigenvalue weighted by Gasteiger charge is -2.24. The van der Waals surface area contributed by atoms with Crippen LogP contribution in [0.1, 0.15) is 56.2 Å². The molecule has 2 heterocycles. The molecule has 184 valence electrons. The fourth-order valence-corrected chi connectivity index (χ4v) is 4.89. The lowest BCUT2D eigenvalue weighted by molar-refractivity contribution is -0.301. The standard InChI is InChI=1S/C26H34N2O6/c1-3-33-34-16-19-9-11-22-24(18-7-5-4-6-8-18)25(28(13-14-29)26(22)27-19)21-12-10-20(15-23(21)30)32-17-31-2/h9-12,15,18,29-30H,3-8,13-14,16-17H2,1-2H3. The van der Waals surface area contributed by atoms with Crippen LogP contribution in [0.2, 0.25) is 0 Å². The van der Waals surface area contributed by atoms with E-state index in [1.807, 2.05) is 29.7 Å². The van der Waals surface area contributed by atoms with Gasteiger partial charge in [0.05, 0.1) is 24.6 Å². The number of aromatic hydroxyl groups is 1. The largest absolute Gasteiger partial charge is 0.507 e. The first-order valence-electron chi connectivity index (χ1n) is 12.0. The van der Waals surface area contributed by atoms with E-state index in [1.165, 1.54) is 24.8 Å². The SMILES string of the molecule is CCOOCc1ccc2c(C3CCCCC3)c(-c3ccc(OCOC)cc3O)n(CCO)c2n1. The zero-order valence-electron chi connectivity index (χ0n) is 20.0. The third-order valence-corrected chi connectivity index (χ3v) is 6.32. The highest BCUT2D eigenvalue weighted by Gasteiger charge is 2.28. The molecule has 0 saturated heterocycles. The van der Waals surface area contributed by atoms with Crippen LogP contribution in [0.5, 0.6) is 11.5 Å². The average molecular weight is 471 g/mol. The number of pyridine rings is 1. The number of hydrogen-bond donors (Lipinski definition) is 2. The monoisotopic (exact) mass is 470 g/mol. The fraction of sp³-hybridized carbons (Fsp3) is 0.500. The second-order valence-corrected chi connectivity index (χ2v) is 8.54. The number of ether oxygens (including phenoxy) is 2. The molecule has 4 rings (SSSR count). The van der Waals surface area contributed by atoms with Gasteiger partial charge in [-0.25, -0.2) is 14.8 Å². The summed E-state index contributed by atoms with van der Waals surface area (Å²) >= 11 is 0. The summed E-state index contributed by atoms with van der Waals surface area (Å²) in [6.45, 7) is 2.99. The van der Waals surface area contributed by atoms with Gasteiger partial charge in [0.1, 0.15) is 23.8 Å². The summed E-state index contributed by atoms with van der Waals surface area (Å²) < 4.78 is 12.5. The first-order valence-corrected chi connectivity index (χ1v) is 12.0. The van der Waals surface area contributed by atoms with Crippen molar-refractivity contribution < 1.29 is 29.5 Å². The van der Waals surface area contributed by atoms with Gasteiger partial charge in [-0.15, -0.1) is 0 Å². The molecule has 2 aromatic heterocycles. The molecule has 0 amide bonds. The Bertz CT molecular complexity index is 1090. The molecule has 1 aliphatic carbocycles. The minimum atomic E-state index is -0.0436. The van der Waals surface area contributed by atoms with Crippen LogP contribution < -0.4 is 4.74 Å². The fourth-order valence-electron chi connectivity index (χ4n) is 4.89. The molecule has 1 fully saturated rings. The first kappa shape index (κ1) is 24.5. The van der Waals surface area contributed by atoms with Crippen LogP contribution in [0.4, 0.5) is 0 Å². The highest BCUT2D eigenvalue weighted by molar-refractivity contribution is 5.91. The molecular weight excluding hydrogens is 436 g/mol. The summed E-state index contributed by atoms with van der Waals surface area (Å²) in [4.78, 5) is 15.1. The van der Waals surface area contributed by atoms with E-state index in [4.69, 9.17) is 24.2 Å². The molecule has 1 aromatic carbocycles. The Morgan fingerprint density at radius 3 is 2.62 bits per heavy atom. The maximum atomic E-state index is 11.0. The van der Waals surface area contributed by atoms with Gasteiger partial charge >= 0.3 is 0 Å². The number of aromatic nitrogens is 2. The zero-order valence-corrected chi connectivity index (χ0v) is 20.0. The number of aliphatic hydroxyl groups excluding tert-OH is 1. The van der Waals surface area contributed by atoms with Crippen LogP contribution in [0.15, 0.2) is 30.3 Å². The minimum absolute atomic E-state index is 0.0436. The molecule has 0 radical (unpaired) electrons. The van der Waals surface area contributed by atoms with Crippen molar-refractivity contribution in [2.45, 2.75) is 58.1 Å². The molecule has 0 unspecified atom stereocenters. The lowest BCUT2D eigenvalue weighted by Crippen LogP contribution is -2.09. The normalized spacial score (nSPS) is 14.7. The summed E-state index contributed by atoms with van der Waals surface area (Å²) in [5.41, 5.74) is 4.31. The second kappa shape index (κ2) is 11.7. The molecule has 8 heteroatoms. The van der Waals surface area contributed by atoms with Gasteiger partial charge in [0.25, 0.3) is 0 Å². The van der Waals surface area contributed by atoms with Crippen LogP contribution in [0.3, 0.4) is 0 Å². The predicted octanol–water partition coefficient (Wildman–Crippen LogP) is 4.90. The summed E-state index contributed by atoms with van der Waals surface area (Å²) in [5.74, 6) is 1.01. The van der Waals surface area contributed by atoms with Crippen LogP contribution >= 0.6 is 0 Å². The number of nitrogens with zero attached hydrogens (tertiary/aromatic N) is 2. The van der Waals surface area contributed by atoms with E-state index in [9.17, 15) is 10.2 Å². The molecule has 8 nitrogen and oxygen atoms in total. The van der Waals surface area contributed by atoms with E-state index in [0.29, 0.717) is 30.4 Å². The Hall–Kier alpha value is -2.65. The summed E-state index contributed by atoms with van der Waals surface area (Å²) in [6.07, 6.45) is 5.79. The molecule has 3 aromatic rings. The van der Waals surface area contributed by atoms with E-state index in [1.54, 1.807) is 13.2 Å². The van der Waals surface area contributed by atoms with E-state index in [2.05, 4.69) is 6.07 Å². The molecule has 1 aliphatic rings. The van der Waals surface area contributed by atoms with Crippen LogP contribution in [-0.2, 0) is 27.7 Å². The third-order valence-electron chi connectivity index (χ3n) is 6.32. The Morgan fingerprint density at radius 2 is 1.91 bits per heavy atom. The van der Waals surface area contributed by atoms with Crippen molar-refractivity contribution >= 4 is 11.0 Å². The number of phenolic OH excluding ortho intramolecular Hbond substituents is 1. The maximum Gasteiger partial charge on any atom is 0.188 e. The van der Waals surface area contributed by atoms with Crippen LogP contribution in [-0.4, -0.2) is 46.9 Å². The number of methoxy groups -OCH3 is 1. The molecular formula is C26H34N2O6. The molecule has 34 heavy (non-hydrogen) atoms. The third kappa shape index (κ3) is 5.20. The van der Waals surface area contributed by atoms with Gasteiger partial charge in [-0.2, -0.15) is 0 Å². The minimum Gasteiger partial charge on any atom is -0.507 e. The lowest BCUT2D eigenvalue weighted by atomic mass is 9.82.